The maximum absolute atomic E-state index is 2.51. The Bertz CT molecular complexity index is 2250. The Morgan fingerprint density at radius 2 is 1.26 bits per heavy atom. The SMILES string of the molecule is CC1(C)c2ccccc2N(c2ccccc2)c2ccc(-c3ccc4c(c3)c3cccc5c3n4-c3ccsc3C5(C)C)cc21. The molecule has 2 nitrogen and oxygen atoms in total. The summed E-state index contributed by atoms with van der Waals surface area (Å²) in [6.07, 6.45) is 0. The zero-order valence-electron chi connectivity index (χ0n) is 24.8. The van der Waals surface area contributed by atoms with Gasteiger partial charge in [-0.2, -0.15) is 0 Å². The van der Waals surface area contributed by atoms with Crippen LogP contribution in [0.15, 0.2) is 121 Å². The van der Waals surface area contributed by atoms with Gasteiger partial charge in [-0.25, -0.2) is 0 Å². The first-order valence-electron chi connectivity index (χ1n) is 15.1. The van der Waals surface area contributed by atoms with E-state index in [9.17, 15) is 0 Å². The lowest BCUT2D eigenvalue weighted by molar-refractivity contribution is 0.632. The van der Waals surface area contributed by atoms with Crippen LogP contribution in [-0.2, 0) is 10.8 Å². The van der Waals surface area contributed by atoms with Crippen LogP contribution < -0.4 is 4.90 Å². The molecule has 0 radical (unpaired) electrons. The van der Waals surface area contributed by atoms with E-state index in [0.29, 0.717) is 0 Å². The van der Waals surface area contributed by atoms with Gasteiger partial charge >= 0.3 is 0 Å². The van der Waals surface area contributed by atoms with Gasteiger partial charge < -0.3 is 9.47 Å². The second-order valence-corrected chi connectivity index (χ2v) is 14.0. The first-order valence-corrected chi connectivity index (χ1v) is 16.0. The number of rotatable bonds is 2. The fraction of sp³-hybridized carbons (Fsp3) is 0.150. The van der Waals surface area contributed by atoms with E-state index < -0.39 is 0 Å². The van der Waals surface area contributed by atoms with Crippen molar-refractivity contribution in [2.45, 2.75) is 38.5 Å². The van der Waals surface area contributed by atoms with Crippen LogP contribution >= 0.6 is 11.3 Å². The number of anilines is 3. The Kier molecular flexibility index (Phi) is 4.93. The van der Waals surface area contributed by atoms with Crippen LogP contribution in [-0.4, -0.2) is 4.57 Å². The zero-order valence-corrected chi connectivity index (χ0v) is 25.7. The predicted molar refractivity (Wildman–Crippen MR) is 183 cm³/mol. The minimum absolute atomic E-state index is 0.0127. The average Bonchev–Trinajstić information content (AvgIpc) is 3.65. The summed E-state index contributed by atoms with van der Waals surface area (Å²) in [5.41, 5.74) is 14.1. The lowest BCUT2D eigenvalue weighted by Gasteiger charge is -2.42. The molecule has 4 heterocycles. The number of para-hydroxylation sites is 3. The third-order valence-electron chi connectivity index (χ3n) is 9.99. The van der Waals surface area contributed by atoms with Gasteiger partial charge in [0.15, 0.2) is 0 Å². The number of hydrogen-bond acceptors (Lipinski definition) is 2. The largest absolute Gasteiger partial charge is 0.310 e. The van der Waals surface area contributed by atoms with E-state index in [-0.39, 0.29) is 10.8 Å². The molecular weight excluding hydrogens is 541 g/mol. The van der Waals surface area contributed by atoms with Crippen molar-refractivity contribution >= 4 is 50.2 Å². The predicted octanol–water partition coefficient (Wildman–Crippen LogP) is 11.3. The van der Waals surface area contributed by atoms with Gasteiger partial charge in [-0.15, -0.1) is 11.3 Å². The van der Waals surface area contributed by atoms with Gasteiger partial charge in [0, 0.05) is 32.2 Å². The Morgan fingerprint density at radius 3 is 2.12 bits per heavy atom. The van der Waals surface area contributed by atoms with E-state index in [2.05, 4.69) is 158 Å². The van der Waals surface area contributed by atoms with E-state index in [0.717, 1.165) is 0 Å². The average molecular weight is 573 g/mol. The fourth-order valence-electron chi connectivity index (χ4n) is 7.81. The van der Waals surface area contributed by atoms with Crippen LogP contribution in [0.4, 0.5) is 17.1 Å². The molecule has 0 unspecified atom stereocenters. The summed E-state index contributed by atoms with van der Waals surface area (Å²) in [4.78, 5) is 3.86. The molecule has 0 amide bonds. The first kappa shape index (κ1) is 24.9. The monoisotopic (exact) mass is 572 g/mol. The molecule has 0 fully saturated rings. The van der Waals surface area contributed by atoms with Crippen molar-refractivity contribution in [1.29, 1.82) is 0 Å². The molecule has 43 heavy (non-hydrogen) atoms. The summed E-state index contributed by atoms with van der Waals surface area (Å²) in [6, 6.07) is 42.9. The van der Waals surface area contributed by atoms with Crippen molar-refractivity contribution in [2.75, 3.05) is 4.90 Å². The quantitative estimate of drug-likeness (QED) is 0.200. The summed E-state index contributed by atoms with van der Waals surface area (Å²) >= 11 is 1.87. The maximum atomic E-state index is 2.51. The highest BCUT2D eigenvalue weighted by Crippen LogP contribution is 2.53. The minimum atomic E-state index is -0.137. The van der Waals surface area contributed by atoms with E-state index in [1.165, 1.54) is 77.2 Å². The molecule has 0 spiro atoms. The molecule has 0 N–H and O–H groups in total. The molecular formula is C40H32N2S. The second kappa shape index (κ2) is 8.49. The van der Waals surface area contributed by atoms with Crippen LogP contribution in [0.1, 0.15) is 49.3 Å². The molecule has 7 aromatic rings. The molecule has 2 aliphatic heterocycles. The van der Waals surface area contributed by atoms with E-state index in [4.69, 9.17) is 0 Å². The van der Waals surface area contributed by atoms with Gasteiger partial charge in [0.25, 0.3) is 0 Å². The van der Waals surface area contributed by atoms with Gasteiger partial charge in [0.05, 0.1) is 28.1 Å². The Morgan fingerprint density at radius 1 is 0.535 bits per heavy atom. The Labute approximate surface area is 256 Å². The van der Waals surface area contributed by atoms with E-state index in [1.54, 1.807) is 0 Å². The van der Waals surface area contributed by atoms with Crippen molar-refractivity contribution in [3.63, 3.8) is 0 Å². The number of fused-ring (bicyclic) bond motifs is 7. The molecule has 208 valence electrons. The van der Waals surface area contributed by atoms with Gasteiger partial charge in [-0.1, -0.05) is 94.4 Å². The minimum Gasteiger partial charge on any atom is -0.310 e. The molecule has 5 aromatic carbocycles. The van der Waals surface area contributed by atoms with Crippen LogP contribution in [0.2, 0.25) is 0 Å². The van der Waals surface area contributed by atoms with Gasteiger partial charge in [-0.3, -0.25) is 0 Å². The van der Waals surface area contributed by atoms with Gasteiger partial charge in [-0.05, 0) is 81.7 Å². The van der Waals surface area contributed by atoms with Crippen LogP contribution in [0.3, 0.4) is 0 Å². The van der Waals surface area contributed by atoms with Crippen LogP contribution in [0.5, 0.6) is 0 Å². The number of aromatic nitrogens is 1. The number of nitrogens with zero attached hydrogens (tertiary/aromatic N) is 2. The summed E-state index contributed by atoms with van der Waals surface area (Å²) in [5.74, 6) is 0. The molecule has 0 aliphatic carbocycles. The van der Waals surface area contributed by atoms with Crippen molar-refractivity contribution in [3.8, 4) is 16.8 Å². The van der Waals surface area contributed by atoms with Crippen molar-refractivity contribution in [2.24, 2.45) is 0 Å². The molecule has 0 bridgehead atoms. The molecule has 0 saturated carbocycles. The van der Waals surface area contributed by atoms with Gasteiger partial charge in [0.2, 0.25) is 0 Å². The third kappa shape index (κ3) is 3.23. The standard InChI is InChI=1S/C40H32N2S/c1-39(2)30-14-8-9-16-34(30)41(27-11-6-5-7-12-27)35-20-18-26(24-32(35)39)25-17-19-33-29(23-25)28-13-10-15-31-37(28)42(33)36-21-22-43-38(36)40(31,3)4/h5-24H,1-4H3. The van der Waals surface area contributed by atoms with Crippen molar-refractivity contribution in [3.05, 3.63) is 142 Å². The highest BCUT2D eigenvalue weighted by molar-refractivity contribution is 7.10. The van der Waals surface area contributed by atoms with Crippen molar-refractivity contribution < 1.29 is 0 Å². The Balaban J connectivity index is 1.26. The lowest BCUT2D eigenvalue weighted by atomic mass is 9.73. The summed E-state index contributed by atoms with van der Waals surface area (Å²) in [5, 5.41) is 4.90. The smallest absolute Gasteiger partial charge is 0.0610 e. The fourth-order valence-corrected chi connectivity index (χ4v) is 8.83. The summed E-state index contributed by atoms with van der Waals surface area (Å²) < 4.78 is 2.51. The molecule has 3 heteroatoms. The number of benzene rings is 5. The molecule has 0 saturated heterocycles. The third-order valence-corrected chi connectivity index (χ3v) is 11.2. The number of thiophene rings is 1. The topological polar surface area (TPSA) is 8.17 Å². The van der Waals surface area contributed by atoms with Gasteiger partial charge in [0.1, 0.15) is 0 Å². The van der Waals surface area contributed by atoms with E-state index >= 15 is 0 Å². The van der Waals surface area contributed by atoms with Crippen LogP contribution in [0.25, 0.3) is 38.6 Å². The van der Waals surface area contributed by atoms with Crippen LogP contribution in [0, 0.1) is 0 Å². The molecule has 2 aromatic heterocycles. The zero-order chi connectivity index (χ0) is 29.1. The number of hydrogen-bond donors (Lipinski definition) is 0. The normalized spacial score (nSPS) is 15.8. The lowest BCUT2D eigenvalue weighted by Crippen LogP contribution is -2.30. The first-order chi connectivity index (χ1) is 20.9. The second-order valence-electron chi connectivity index (χ2n) is 13.1. The Hall–Kier alpha value is -4.60. The highest BCUT2D eigenvalue weighted by Gasteiger charge is 2.38. The maximum Gasteiger partial charge on any atom is 0.0610 e. The summed E-state index contributed by atoms with van der Waals surface area (Å²) in [6.45, 7) is 9.47. The highest BCUT2D eigenvalue weighted by atomic mass is 32.1. The molecule has 0 atom stereocenters. The molecule has 9 rings (SSSR count). The molecule has 2 aliphatic rings. The summed E-state index contributed by atoms with van der Waals surface area (Å²) in [7, 11) is 0. The van der Waals surface area contributed by atoms with E-state index in [1.807, 2.05) is 11.3 Å². The van der Waals surface area contributed by atoms with Crippen molar-refractivity contribution in [1.82, 2.24) is 4.57 Å².